The van der Waals surface area contributed by atoms with Gasteiger partial charge in [-0.3, -0.25) is 0 Å². The summed E-state index contributed by atoms with van der Waals surface area (Å²) >= 11 is 0. The van der Waals surface area contributed by atoms with Gasteiger partial charge in [0.25, 0.3) is 0 Å². The van der Waals surface area contributed by atoms with Crippen LogP contribution in [-0.2, 0) is 11.3 Å². The predicted octanol–water partition coefficient (Wildman–Crippen LogP) is 3.26. The van der Waals surface area contributed by atoms with Crippen LogP contribution < -0.4 is 10.1 Å². The number of benzene rings is 2. The number of fused-ring (bicyclic) bond motifs is 1. The van der Waals surface area contributed by atoms with Crippen LogP contribution in [0.1, 0.15) is 24.8 Å². The van der Waals surface area contributed by atoms with Crippen LogP contribution in [0.15, 0.2) is 36.4 Å². The van der Waals surface area contributed by atoms with Gasteiger partial charge in [0.1, 0.15) is 11.9 Å². The Kier molecular flexibility index (Phi) is 3.53. The lowest BCUT2D eigenvalue weighted by molar-refractivity contribution is 0.140. The fourth-order valence-electron chi connectivity index (χ4n) is 2.93. The van der Waals surface area contributed by atoms with E-state index in [0.29, 0.717) is 12.6 Å². The lowest BCUT2D eigenvalue weighted by Crippen LogP contribution is -2.20. The molecule has 0 amide bonds. The van der Waals surface area contributed by atoms with Crippen molar-refractivity contribution in [2.75, 3.05) is 13.2 Å². The molecule has 2 aliphatic rings. The van der Waals surface area contributed by atoms with E-state index in [1.807, 2.05) is 0 Å². The molecule has 1 atom stereocenters. The van der Waals surface area contributed by atoms with Crippen LogP contribution in [-0.4, -0.2) is 25.4 Å². The average Bonchev–Trinajstić information content (AvgIpc) is 3.21. The van der Waals surface area contributed by atoms with Gasteiger partial charge in [-0.05, 0) is 29.7 Å². The summed E-state index contributed by atoms with van der Waals surface area (Å²) in [7, 11) is 0. The summed E-state index contributed by atoms with van der Waals surface area (Å²) in [5, 5.41) is 6.19. The molecule has 1 unspecified atom stereocenters. The molecule has 0 radical (unpaired) electrons. The minimum Gasteiger partial charge on any atom is -0.488 e. The van der Waals surface area contributed by atoms with Gasteiger partial charge in [-0.15, -0.1) is 0 Å². The average molecular weight is 283 g/mol. The zero-order chi connectivity index (χ0) is 14.1. The molecule has 2 aromatic carbocycles. The van der Waals surface area contributed by atoms with Crippen LogP contribution in [0.2, 0.25) is 0 Å². The van der Waals surface area contributed by atoms with Gasteiger partial charge in [-0.2, -0.15) is 0 Å². The molecule has 0 bridgehead atoms. The molecule has 2 aromatic rings. The van der Waals surface area contributed by atoms with E-state index in [1.165, 1.54) is 29.2 Å². The third-order valence-electron chi connectivity index (χ3n) is 4.32. The maximum absolute atomic E-state index is 6.20. The number of hydrogen-bond acceptors (Lipinski definition) is 3. The molecule has 0 spiro atoms. The maximum atomic E-state index is 6.20. The first-order valence-electron chi connectivity index (χ1n) is 7.88. The highest BCUT2D eigenvalue weighted by Gasteiger charge is 2.23. The van der Waals surface area contributed by atoms with Crippen LogP contribution >= 0.6 is 0 Å². The van der Waals surface area contributed by atoms with Gasteiger partial charge in [-0.1, -0.05) is 30.3 Å². The first-order valence-corrected chi connectivity index (χ1v) is 7.88. The van der Waals surface area contributed by atoms with Gasteiger partial charge >= 0.3 is 0 Å². The standard InChI is InChI=1S/C18H21NO2/c1-2-4-16-13(3-1)5-8-18(21-15-9-10-20-12-15)17(16)11-19-14-6-7-14/h1-5,8,14-15,19H,6-7,9-12H2. The number of rotatable bonds is 5. The van der Waals surface area contributed by atoms with Crippen molar-refractivity contribution < 1.29 is 9.47 Å². The Bertz CT molecular complexity index is 630. The van der Waals surface area contributed by atoms with Crippen LogP contribution in [0, 0.1) is 0 Å². The van der Waals surface area contributed by atoms with Gasteiger partial charge < -0.3 is 14.8 Å². The largest absolute Gasteiger partial charge is 0.488 e. The highest BCUT2D eigenvalue weighted by atomic mass is 16.5. The van der Waals surface area contributed by atoms with E-state index in [-0.39, 0.29) is 6.10 Å². The minimum atomic E-state index is 0.200. The van der Waals surface area contributed by atoms with Gasteiger partial charge in [-0.25, -0.2) is 0 Å². The van der Waals surface area contributed by atoms with E-state index < -0.39 is 0 Å². The molecule has 1 saturated carbocycles. The Balaban J connectivity index is 1.66. The maximum Gasteiger partial charge on any atom is 0.124 e. The van der Waals surface area contributed by atoms with Crippen molar-refractivity contribution in [2.45, 2.75) is 38.0 Å². The molecular weight excluding hydrogens is 262 g/mol. The zero-order valence-corrected chi connectivity index (χ0v) is 12.2. The lowest BCUT2D eigenvalue weighted by Gasteiger charge is -2.18. The molecule has 2 fully saturated rings. The monoisotopic (exact) mass is 283 g/mol. The molecule has 3 heteroatoms. The summed E-state index contributed by atoms with van der Waals surface area (Å²) in [6.45, 7) is 2.41. The van der Waals surface area contributed by atoms with Crippen molar-refractivity contribution >= 4 is 10.8 Å². The lowest BCUT2D eigenvalue weighted by atomic mass is 10.0. The number of nitrogens with one attached hydrogen (secondary N) is 1. The van der Waals surface area contributed by atoms with Crippen molar-refractivity contribution in [3.8, 4) is 5.75 Å². The van der Waals surface area contributed by atoms with E-state index in [2.05, 4.69) is 41.7 Å². The van der Waals surface area contributed by atoms with Crippen LogP contribution in [0.4, 0.5) is 0 Å². The number of ether oxygens (including phenoxy) is 2. The highest BCUT2D eigenvalue weighted by molar-refractivity contribution is 5.87. The molecule has 0 aromatic heterocycles. The Morgan fingerprint density at radius 1 is 1.10 bits per heavy atom. The van der Waals surface area contributed by atoms with Gasteiger partial charge in [0.2, 0.25) is 0 Å². The molecule has 1 aliphatic heterocycles. The fourth-order valence-corrected chi connectivity index (χ4v) is 2.93. The van der Waals surface area contributed by atoms with Crippen molar-refractivity contribution in [1.29, 1.82) is 0 Å². The van der Waals surface area contributed by atoms with Gasteiger partial charge in [0, 0.05) is 24.6 Å². The number of hydrogen-bond donors (Lipinski definition) is 1. The molecular formula is C18H21NO2. The van der Waals surface area contributed by atoms with Crippen LogP contribution in [0.5, 0.6) is 5.75 Å². The van der Waals surface area contributed by atoms with Crippen molar-refractivity contribution in [1.82, 2.24) is 5.32 Å². The molecule has 4 rings (SSSR count). The summed E-state index contributed by atoms with van der Waals surface area (Å²) < 4.78 is 11.6. The molecule has 110 valence electrons. The summed E-state index contributed by atoms with van der Waals surface area (Å²) in [6.07, 6.45) is 3.79. The molecule has 1 saturated heterocycles. The molecule has 3 nitrogen and oxygen atoms in total. The van der Waals surface area contributed by atoms with E-state index in [1.54, 1.807) is 0 Å². The van der Waals surface area contributed by atoms with Crippen molar-refractivity contribution in [2.24, 2.45) is 0 Å². The third-order valence-corrected chi connectivity index (χ3v) is 4.32. The quantitative estimate of drug-likeness (QED) is 0.913. The summed E-state index contributed by atoms with van der Waals surface area (Å²) in [5.74, 6) is 1.01. The van der Waals surface area contributed by atoms with E-state index in [4.69, 9.17) is 9.47 Å². The summed E-state index contributed by atoms with van der Waals surface area (Å²) in [6, 6.07) is 13.5. The third kappa shape index (κ3) is 2.89. The second-order valence-electron chi connectivity index (χ2n) is 6.02. The smallest absolute Gasteiger partial charge is 0.124 e. The Labute approximate surface area is 125 Å². The zero-order valence-electron chi connectivity index (χ0n) is 12.2. The molecule has 21 heavy (non-hydrogen) atoms. The Hall–Kier alpha value is -1.58. The first-order chi connectivity index (χ1) is 10.4. The SMILES string of the molecule is c1ccc2c(CNC3CC3)c(OC3CCOC3)ccc2c1. The Morgan fingerprint density at radius 2 is 2.00 bits per heavy atom. The highest BCUT2D eigenvalue weighted by Crippen LogP contribution is 2.31. The van der Waals surface area contributed by atoms with Crippen molar-refractivity contribution in [3.63, 3.8) is 0 Å². The second-order valence-corrected chi connectivity index (χ2v) is 6.02. The second kappa shape index (κ2) is 5.66. The van der Waals surface area contributed by atoms with Crippen LogP contribution in [0.25, 0.3) is 10.8 Å². The topological polar surface area (TPSA) is 30.5 Å². The molecule has 1 heterocycles. The normalized spacial score (nSPS) is 21.8. The van der Waals surface area contributed by atoms with Crippen molar-refractivity contribution in [3.05, 3.63) is 42.0 Å². The molecule has 1 N–H and O–H groups in total. The van der Waals surface area contributed by atoms with E-state index in [0.717, 1.165) is 25.3 Å². The molecule has 1 aliphatic carbocycles. The minimum absolute atomic E-state index is 0.200. The van der Waals surface area contributed by atoms with Gasteiger partial charge in [0.05, 0.1) is 13.2 Å². The van der Waals surface area contributed by atoms with Gasteiger partial charge in [0.15, 0.2) is 0 Å². The fraction of sp³-hybridized carbons (Fsp3) is 0.444. The van der Waals surface area contributed by atoms with Crippen LogP contribution in [0.3, 0.4) is 0 Å². The van der Waals surface area contributed by atoms with E-state index in [9.17, 15) is 0 Å². The summed E-state index contributed by atoms with van der Waals surface area (Å²) in [4.78, 5) is 0. The Morgan fingerprint density at radius 3 is 2.81 bits per heavy atom. The first kappa shape index (κ1) is 13.1. The predicted molar refractivity (Wildman–Crippen MR) is 83.7 cm³/mol. The van der Waals surface area contributed by atoms with E-state index >= 15 is 0 Å². The summed E-state index contributed by atoms with van der Waals surface area (Å²) in [5.41, 5.74) is 1.28.